The summed E-state index contributed by atoms with van der Waals surface area (Å²) in [7, 11) is 1.18. The molecule has 2 atom stereocenters. The van der Waals surface area contributed by atoms with Crippen molar-refractivity contribution in [2.75, 3.05) is 47.5 Å². The lowest BCUT2D eigenvalue weighted by molar-refractivity contribution is -0.870. The zero-order valence-electron chi connectivity index (χ0n) is 45.8. The molecule has 0 aliphatic heterocycles. The predicted octanol–water partition coefficient (Wildman–Crippen LogP) is 17.4. The van der Waals surface area contributed by atoms with Crippen LogP contribution < -0.4 is 4.89 Å². The fourth-order valence-electron chi connectivity index (χ4n) is 8.71. The van der Waals surface area contributed by atoms with Gasteiger partial charge in [-0.05, 0) is 38.5 Å². The third-order valence-electron chi connectivity index (χ3n) is 13.3. The second-order valence-corrected chi connectivity index (χ2v) is 22.8. The van der Waals surface area contributed by atoms with E-state index in [1.54, 1.807) is 0 Å². The molecule has 0 amide bonds. The van der Waals surface area contributed by atoms with Crippen molar-refractivity contribution in [1.29, 1.82) is 0 Å². The van der Waals surface area contributed by atoms with E-state index in [0.717, 1.165) is 44.9 Å². The highest BCUT2D eigenvalue weighted by atomic mass is 31.2. The van der Waals surface area contributed by atoms with Gasteiger partial charge in [-0.2, -0.15) is 0 Å². The zero-order valence-corrected chi connectivity index (χ0v) is 46.7. The molecular weight excluding hydrogens is 870 g/mol. The quantitative estimate of drug-likeness (QED) is 0.0195. The maximum absolute atomic E-state index is 12.7. The number of esters is 2. The number of unbranched alkanes of at least 4 members (excludes halogenated alkanes) is 39. The molecule has 0 heterocycles. The number of phosphoric acid groups is 1. The van der Waals surface area contributed by atoms with Gasteiger partial charge in [-0.25, -0.2) is 0 Å². The second-order valence-electron chi connectivity index (χ2n) is 21.4. The SMILES string of the molecule is CCCCCCCCCC/C=C\CCCCCCCCCCCCCCCCCCCCCCCCCCCCCC(=O)OC(COC(=O)CCCCCCC)COP(=O)([O-])OCC[N+](C)(C)C. The molecule has 0 aliphatic rings. The number of rotatable bonds is 55. The molecule has 0 saturated heterocycles. The molecule has 404 valence electrons. The Hall–Kier alpha value is -1.25. The number of carbonyl (C=O) groups excluding carboxylic acids is 2. The Morgan fingerprint density at radius 3 is 1.09 bits per heavy atom. The van der Waals surface area contributed by atoms with Gasteiger partial charge in [0.25, 0.3) is 7.82 Å². The summed E-state index contributed by atoms with van der Waals surface area (Å²) < 4.78 is 33.8. The van der Waals surface area contributed by atoms with Crippen LogP contribution in [0.2, 0.25) is 0 Å². The fourth-order valence-corrected chi connectivity index (χ4v) is 9.44. The molecule has 0 aliphatic carbocycles. The molecule has 0 radical (unpaired) electrons. The number of carbonyl (C=O) groups is 2. The maximum atomic E-state index is 12.7. The van der Waals surface area contributed by atoms with Crippen LogP contribution in [0.5, 0.6) is 0 Å². The van der Waals surface area contributed by atoms with E-state index in [9.17, 15) is 19.0 Å². The van der Waals surface area contributed by atoms with Crippen LogP contribution in [0.25, 0.3) is 0 Å². The lowest BCUT2D eigenvalue weighted by atomic mass is 10.0. The van der Waals surface area contributed by atoms with E-state index in [1.165, 1.54) is 218 Å². The first-order chi connectivity index (χ1) is 33.0. The van der Waals surface area contributed by atoms with Crippen molar-refractivity contribution < 1.29 is 42.1 Å². The summed E-state index contributed by atoms with van der Waals surface area (Å²) in [6.07, 6.45) is 59.4. The molecule has 0 N–H and O–H groups in total. The number of phosphoric ester groups is 1. The highest BCUT2D eigenvalue weighted by Crippen LogP contribution is 2.38. The maximum Gasteiger partial charge on any atom is 0.306 e. The average molecular weight is 985 g/mol. The Morgan fingerprint density at radius 1 is 0.441 bits per heavy atom. The van der Waals surface area contributed by atoms with Gasteiger partial charge in [-0.1, -0.05) is 257 Å². The van der Waals surface area contributed by atoms with Gasteiger partial charge in [0.1, 0.15) is 19.8 Å². The van der Waals surface area contributed by atoms with Crippen molar-refractivity contribution >= 4 is 19.8 Å². The van der Waals surface area contributed by atoms with Gasteiger partial charge >= 0.3 is 11.9 Å². The third-order valence-corrected chi connectivity index (χ3v) is 14.2. The lowest BCUT2D eigenvalue weighted by Crippen LogP contribution is -2.37. The van der Waals surface area contributed by atoms with Gasteiger partial charge in [-0.3, -0.25) is 14.2 Å². The molecule has 0 bridgehead atoms. The molecule has 0 aromatic rings. The molecule has 0 rings (SSSR count). The summed E-state index contributed by atoms with van der Waals surface area (Å²) in [5.41, 5.74) is 0. The third kappa shape index (κ3) is 54.1. The Bertz CT molecular complexity index is 1160. The van der Waals surface area contributed by atoms with Gasteiger partial charge in [-0.15, -0.1) is 0 Å². The van der Waals surface area contributed by atoms with Crippen LogP contribution in [-0.2, 0) is 32.7 Å². The monoisotopic (exact) mass is 984 g/mol. The first kappa shape index (κ1) is 66.8. The van der Waals surface area contributed by atoms with Crippen LogP contribution >= 0.6 is 7.82 Å². The normalized spacial score (nSPS) is 13.3. The molecule has 9 nitrogen and oxygen atoms in total. The highest BCUT2D eigenvalue weighted by Gasteiger charge is 2.22. The van der Waals surface area contributed by atoms with Crippen molar-refractivity contribution in [3.63, 3.8) is 0 Å². The van der Waals surface area contributed by atoms with E-state index in [0.29, 0.717) is 17.4 Å². The largest absolute Gasteiger partial charge is 0.756 e. The second kappa shape index (κ2) is 50.7. The van der Waals surface area contributed by atoms with Crippen molar-refractivity contribution in [1.82, 2.24) is 0 Å². The van der Waals surface area contributed by atoms with Crippen LogP contribution in [0.3, 0.4) is 0 Å². The van der Waals surface area contributed by atoms with Crippen molar-refractivity contribution in [2.24, 2.45) is 0 Å². The molecule has 0 fully saturated rings. The van der Waals surface area contributed by atoms with Crippen LogP contribution in [-0.4, -0.2) is 70.0 Å². The summed E-state index contributed by atoms with van der Waals surface area (Å²) in [6.45, 7) is 4.17. The molecule has 10 heteroatoms. The minimum Gasteiger partial charge on any atom is -0.756 e. The van der Waals surface area contributed by atoms with E-state index >= 15 is 0 Å². The topological polar surface area (TPSA) is 111 Å². The standard InChI is InChI=1S/C58H114NO8P/c1-6-8-10-12-13-14-15-16-17-18-19-20-21-22-23-24-25-26-27-28-29-30-31-32-33-34-35-36-37-38-39-40-41-42-43-44-45-47-49-51-58(61)67-56(54-64-57(60)50-48-46-11-9-7-2)55-66-68(62,63)65-53-52-59(3,4)5/h18-19,56H,6-17,20-55H2,1-5H3/b19-18-. The van der Waals surface area contributed by atoms with Crippen molar-refractivity contribution in [3.8, 4) is 0 Å². The van der Waals surface area contributed by atoms with Crippen LogP contribution in [0.1, 0.15) is 296 Å². The number of ether oxygens (including phenoxy) is 2. The summed E-state index contributed by atoms with van der Waals surface area (Å²) in [6, 6.07) is 0. The van der Waals surface area contributed by atoms with E-state index in [1.807, 2.05) is 21.1 Å². The van der Waals surface area contributed by atoms with Crippen LogP contribution in [0, 0.1) is 0 Å². The molecule has 0 saturated carbocycles. The number of likely N-dealkylation sites (N-methyl/N-ethyl adjacent to an activating group) is 1. The minimum atomic E-state index is -4.61. The van der Waals surface area contributed by atoms with Gasteiger partial charge in [0.15, 0.2) is 6.10 Å². The van der Waals surface area contributed by atoms with Gasteiger partial charge in [0.05, 0.1) is 27.7 Å². The van der Waals surface area contributed by atoms with Crippen LogP contribution in [0.15, 0.2) is 12.2 Å². The zero-order chi connectivity index (χ0) is 49.9. The molecular formula is C58H114NO8P. The van der Waals surface area contributed by atoms with Crippen molar-refractivity contribution in [3.05, 3.63) is 12.2 Å². The molecule has 68 heavy (non-hydrogen) atoms. The highest BCUT2D eigenvalue weighted by molar-refractivity contribution is 7.45. The Labute approximate surface area is 422 Å². The van der Waals surface area contributed by atoms with E-state index in [2.05, 4.69) is 26.0 Å². The summed E-state index contributed by atoms with van der Waals surface area (Å²) in [5, 5.41) is 0. The number of hydrogen-bond acceptors (Lipinski definition) is 8. The van der Waals surface area contributed by atoms with E-state index in [-0.39, 0.29) is 26.1 Å². The molecule has 0 aromatic carbocycles. The van der Waals surface area contributed by atoms with Gasteiger partial charge < -0.3 is 27.9 Å². The molecule has 0 spiro atoms. The number of nitrogens with zero attached hydrogens (tertiary/aromatic N) is 1. The fraction of sp³-hybridized carbons (Fsp3) is 0.931. The Kier molecular flexibility index (Phi) is 49.8. The lowest BCUT2D eigenvalue weighted by Gasteiger charge is -2.28. The first-order valence-corrected chi connectivity index (χ1v) is 30.9. The summed E-state index contributed by atoms with van der Waals surface area (Å²) in [4.78, 5) is 37.3. The summed E-state index contributed by atoms with van der Waals surface area (Å²) in [5.74, 6) is -0.834. The minimum absolute atomic E-state index is 0.0269. The number of quaternary nitrogens is 1. The van der Waals surface area contributed by atoms with Crippen molar-refractivity contribution in [2.45, 2.75) is 302 Å². The smallest absolute Gasteiger partial charge is 0.306 e. The van der Waals surface area contributed by atoms with Crippen LogP contribution in [0.4, 0.5) is 0 Å². The number of hydrogen-bond donors (Lipinski definition) is 0. The Balaban J connectivity index is 3.68. The van der Waals surface area contributed by atoms with Gasteiger partial charge in [0.2, 0.25) is 0 Å². The Morgan fingerprint density at radius 2 is 0.750 bits per heavy atom. The first-order valence-electron chi connectivity index (χ1n) is 29.4. The van der Waals surface area contributed by atoms with E-state index < -0.39 is 32.5 Å². The molecule has 0 aromatic heterocycles. The molecule has 2 unspecified atom stereocenters. The van der Waals surface area contributed by atoms with Gasteiger partial charge in [0, 0.05) is 12.8 Å². The summed E-state index contributed by atoms with van der Waals surface area (Å²) >= 11 is 0. The number of allylic oxidation sites excluding steroid dienone is 2. The van der Waals surface area contributed by atoms with E-state index in [4.69, 9.17) is 18.5 Å². The average Bonchev–Trinajstić information content (AvgIpc) is 3.30. The predicted molar refractivity (Wildman–Crippen MR) is 287 cm³/mol.